The summed E-state index contributed by atoms with van der Waals surface area (Å²) >= 11 is 0. The molecule has 0 amide bonds. The van der Waals surface area contributed by atoms with Gasteiger partial charge in [0.15, 0.2) is 0 Å². The summed E-state index contributed by atoms with van der Waals surface area (Å²) in [5.41, 5.74) is 2.30. The highest BCUT2D eigenvalue weighted by Gasteiger charge is 2.27. The number of rotatable bonds is 6. The minimum atomic E-state index is -0.830. The summed E-state index contributed by atoms with van der Waals surface area (Å²) in [6.07, 6.45) is 0.545. The minimum Gasteiger partial charge on any atom is -0.394 e. The number of benzene rings is 1. The Kier molecular flexibility index (Phi) is 4.33. The molecule has 6 N–H and O–H groups in total. The Morgan fingerprint density at radius 3 is 2.50 bits per heavy atom. The van der Waals surface area contributed by atoms with Gasteiger partial charge in [0.25, 0.3) is 0 Å². The zero-order valence-electron chi connectivity index (χ0n) is 11.3. The molecule has 7 heteroatoms. The first-order valence-electron chi connectivity index (χ1n) is 6.41. The lowest BCUT2D eigenvalue weighted by Crippen LogP contribution is -2.45. The summed E-state index contributed by atoms with van der Waals surface area (Å²) in [5.74, 6) is 6.16. The molecular weight excluding hydrogens is 258 g/mol. The van der Waals surface area contributed by atoms with Crippen LogP contribution in [0.25, 0.3) is 10.9 Å². The quantitative estimate of drug-likeness (QED) is 0.385. The standard InChI is InChI=1S/C13H19N5O2/c1-2-13(7-19,8-20)17-11-9-5-3-4-6-10(9)15-12(16-11)18-14/h3-6,19-20H,2,7-8,14H2,1H3,(H2,15,16,17,18). The van der Waals surface area contributed by atoms with Gasteiger partial charge in [-0.1, -0.05) is 19.1 Å². The van der Waals surface area contributed by atoms with E-state index >= 15 is 0 Å². The number of fused-ring (bicyclic) bond motifs is 1. The maximum atomic E-state index is 9.53. The highest BCUT2D eigenvalue weighted by Crippen LogP contribution is 2.25. The predicted molar refractivity (Wildman–Crippen MR) is 78.2 cm³/mol. The lowest BCUT2D eigenvalue weighted by Gasteiger charge is -2.30. The van der Waals surface area contributed by atoms with Crippen molar-refractivity contribution in [1.82, 2.24) is 9.97 Å². The molecule has 0 saturated heterocycles. The van der Waals surface area contributed by atoms with Crippen molar-refractivity contribution in [2.24, 2.45) is 5.84 Å². The van der Waals surface area contributed by atoms with E-state index in [1.807, 2.05) is 31.2 Å². The van der Waals surface area contributed by atoms with Crippen LogP contribution in [0.2, 0.25) is 0 Å². The van der Waals surface area contributed by atoms with E-state index in [4.69, 9.17) is 5.84 Å². The van der Waals surface area contributed by atoms with Gasteiger partial charge in [0, 0.05) is 5.39 Å². The maximum absolute atomic E-state index is 9.53. The fourth-order valence-electron chi connectivity index (χ4n) is 1.93. The fourth-order valence-corrected chi connectivity index (χ4v) is 1.93. The van der Waals surface area contributed by atoms with Gasteiger partial charge < -0.3 is 15.5 Å². The van der Waals surface area contributed by atoms with Crippen molar-refractivity contribution in [3.63, 3.8) is 0 Å². The smallest absolute Gasteiger partial charge is 0.239 e. The third kappa shape index (κ3) is 2.64. The summed E-state index contributed by atoms with van der Waals surface area (Å²) in [4.78, 5) is 8.52. The lowest BCUT2D eigenvalue weighted by atomic mass is 9.98. The SMILES string of the molecule is CCC(CO)(CO)Nc1nc(NN)nc2ccccc12. The summed E-state index contributed by atoms with van der Waals surface area (Å²) in [6.45, 7) is 1.47. The van der Waals surface area contributed by atoms with Crippen LogP contribution in [-0.4, -0.2) is 38.9 Å². The molecule has 0 bridgehead atoms. The molecule has 0 fully saturated rings. The average molecular weight is 277 g/mol. The monoisotopic (exact) mass is 277 g/mol. The zero-order chi connectivity index (χ0) is 14.6. The molecule has 20 heavy (non-hydrogen) atoms. The van der Waals surface area contributed by atoms with Gasteiger partial charge in [-0.15, -0.1) is 0 Å². The Morgan fingerprint density at radius 1 is 1.20 bits per heavy atom. The van der Waals surface area contributed by atoms with E-state index in [2.05, 4.69) is 20.7 Å². The van der Waals surface area contributed by atoms with Crippen molar-refractivity contribution >= 4 is 22.7 Å². The molecular formula is C13H19N5O2. The van der Waals surface area contributed by atoms with E-state index in [9.17, 15) is 10.2 Å². The number of nitrogens with zero attached hydrogens (tertiary/aromatic N) is 2. The second-order valence-corrected chi connectivity index (χ2v) is 4.63. The number of anilines is 2. The summed E-state index contributed by atoms with van der Waals surface area (Å²) in [6, 6.07) is 7.45. The number of aliphatic hydroxyl groups is 2. The third-order valence-corrected chi connectivity index (χ3v) is 3.40. The van der Waals surface area contributed by atoms with Gasteiger partial charge in [0.1, 0.15) is 5.82 Å². The van der Waals surface area contributed by atoms with Crippen LogP contribution in [0, 0.1) is 0 Å². The Balaban J connectivity index is 2.52. The highest BCUT2D eigenvalue weighted by atomic mass is 16.3. The Labute approximate surface area is 116 Å². The number of nitrogen functional groups attached to an aromatic ring is 1. The van der Waals surface area contributed by atoms with E-state index in [1.54, 1.807) is 0 Å². The van der Waals surface area contributed by atoms with Gasteiger partial charge >= 0.3 is 0 Å². The molecule has 0 saturated carbocycles. The molecule has 1 aromatic heterocycles. The first kappa shape index (κ1) is 14.4. The van der Waals surface area contributed by atoms with Gasteiger partial charge in [0.05, 0.1) is 24.3 Å². The van der Waals surface area contributed by atoms with Crippen molar-refractivity contribution in [3.05, 3.63) is 24.3 Å². The summed E-state index contributed by atoms with van der Waals surface area (Å²) in [7, 11) is 0. The van der Waals surface area contributed by atoms with Crippen LogP contribution in [0.4, 0.5) is 11.8 Å². The molecule has 0 spiro atoms. The molecule has 0 aliphatic rings. The number of para-hydroxylation sites is 1. The van der Waals surface area contributed by atoms with Crippen LogP contribution in [-0.2, 0) is 0 Å². The second kappa shape index (κ2) is 6.00. The Morgan fingerprint density at radius 2 is 1.90 bits per heavy atom. The van der Waals surface area contributed by atoms with Crippen LogP contribution in [0.3, 0.4) is 0 Å². The van der Waals surface area contributed by atoms with Crippen molar-refractivity contribution in [3.8, 4) is 0 Å². The molecule has 0 aliphatic carbocycles. The number of aromatic nitrogens is 2. The average Bonchev–Trinajstić information content (AvgIpc) is 2.52. The number of nitrogens with one attached hydrogen (secondary N) is 2. The Hall–Kier alpha value is -1.96. The van der Waals surface area contributed by atoms with Crippen LogP contribution in [0.15, 0.2) is 24.3 Å². The van der Waals surface area contributed by atoms with Crippen LogP contribution >= 0.6 is 0 Å². The highest BCUT2D eigenvalue weighted by molar-refractivity contribution is 5.90. The maximum Gasteiger partial charge on any atom is 0.239 e. The third-order valence-electron chi connectivity index (χ3n) is 3.40. The fraction of sp³-hybridized carbons (Fsp3) is 0.385. The van der Waals surface area contributed by atoms with Gasteiger partial charge in [-0.3, -0.25) is 5.43 Å². The molecule has 1 heterocycles. The van der Waals surface area contributed by atoms with Gasteiger partial charge in [-0.05, 0) is 18.6 Å². The normalized spacial score (nSPS) is 11.6. The first-order valence-corrected chi connectivity index (χ1v) is 6.41. The molecule has 1 aromatic carbocycles. The van der Waals surface area contributed by atoms with Crippen LogP contribution in [0.5, 0.6) is 0 Å². The van der Waals surface area contributed by atoms with Gasteiger partial charge in [-0.25, -0.2) is 10.8 Å². The zero-order valence-corrected chi connectivity index (χ0v) is 11.3. The number of hydrogen-bond acceptors (Lipinski definition) is 7. The lowest BCUT2D eigenvalue weighted by molar-refractivity contribution is 0.132. The minimum absolute atomic E-state index is 0.205. The predicted octanol–water partition coefficient (Wildman–Crippen LogP) is 0.461. The van der Waals surface area contributed by atoms with Gasteiger partial charge in [0.2, 0.25) is 5.95 Å². The van der Waals surface area contributed by atoms with Crippen LogP contribution in [0.1, 0.15) is 13.3 Å². The van der Waals surface area contributed by atoms with E-state index in [0.717, 1.165) is 10.9 Å². The molecule has 2 aromatic rings. The molecule has 108 valence electrons. The second-order valence-electron chi connectivity index (χ2n) is 4.63. The number of hydrogen-bond donors (Lipinski definition) is 5. The number of nitrogens with two attached hydrogens (primary N) is 1. The van der Waals surface area contributed by atoms with Crippen molar-refractivity contribution in [1.29, 1.82) is 0 Å². The number of hydrazine groups is 1. The molecule has 0 radical (unpaired) electrons. The summed E-state index contributed by atoms with van der Waals surface area (Å²) < 4.78 is 0. The topological polar surface area (TPSA) is 116 Å². The first-order chi connectivity index (χ1) is 9.68. The molecule has 0 unspecified atom stereocenters. The molecule has 0 atom stereocenters. The van der Waals surface area contributed by atoms with Crippen molar-refractivity contribution < 1.29 is 10.2 Å². The molecule has 0 aliphatic heterocycles. The largest absolute Gasteiger partial charge is 0.394 e. The van der Waals surface area contributed by atoms with E-state index in [0.29, 0.717) is 12.2 Å². The van der Waals surface area contributed by atoms with E-state index < -0.39 is 5.54 Å². The van der Waals surface area contributed by atoms with Gasteiger partial charge in [-0.2, -0.15) is 4.98 Å². The Bertz CT molecular complexity index is 578. The van der Waals surface area contributed by atoms with Crippen molar-refractivity contribution in [2.45, 2.75) is 18.9 Å². The van der Waals surface area contributed by atoms with E-state index in [1.165, 1.54) is 0 Å². The molecule has 7 nitrogen and oxygen atoms in total. The number of aliphatic hydroxyl groups excluding tert-OH is 2. The molecule has 2 rings (SSSR count). The van der Waals surface area contributed by atoms with E-state index in [-0.39, 0.29) is 19.2 Å². The van der Waals surface area contributed by atoms with Crippen molar-refractivity contribution in [2.75, 3.05) is 24.0 Å². The van der Waals surface area contributed by atoms with Crippen LogP contribution < -0.4 is 16.6 Å². The summed E-state index contributed by atoms with van der Waals surface area (Å²) in [5, 5.41) is 23.0.